The average Bonchev–Trinajstić information content (AvgIpc) is 3.53. The Labute approximate surface area is 272 Å². The lowest BCUT2D eigenvalue weighted by Gasteiger charge is -2.17. The van der Waals surface area contributed by atoms with Gasteiger partial charge in [-0.2, -0.15) is 0 Å². The van der Waals surface area contributed by atoms with Gasteiger partial charge >= 0.3 is 0 Å². The Morgan fingerprint density at radius 2 is 0.809 bits per heavy atom. The quantitative estimate of drug-likeness (QED) is 0.184. The van der Waals surface area contributed by atoms with Gasteiger partial charge in [-0.15, -0.1) is 0 Å². The summed E-state index contributed by atoms with van der Waals surface area (Å²) in [5.74, 6) is 0. The first-order valence-corrected chi connectivity index (χ1v) is 16.2. The minimum absolute atomic E-state index is 0.905. The molecular weight excluding hydrogens is 569 g/mol. The zero-order valence-corrected chi connectivity index (χ0v) is 25.6. The van der Waals surface area contributed by atoms with E-state index in [-0.39, 0.29) is 0 Å². The molecule has 1 heteroatoms. The second kappa shape index (κ2) is 10.2. The van der Waals surface area contributed by atoms with E-state index in [1.807, 2.05) is 6.07 Å². The second-order valence-electron chi connectivity index (χ2n) is 12.5. The summed E-state index contributed by atoms with van der Waals surface area (Å²) in [5.41, 5.74) is 11.5. The summed E-state index contributed by atoms with van der Waals surface area (Å²) in [6.45, 7) is 0. The van der Waals surface area contributed by atoms with E-state index in [2.05, 4.69) is 164 Å². The van der Waals surface area contributed by atoms with E-state index in [1.165, 1.54) is 71.3 Å². The number of para-hydroxylation sites is 1. The van der Waals surface area contributed by atoms with Gasteiger partial charge in [0, 0.05) is 10.8 Å². The van der Waals surface area contributed by atoms with Crippen LogP contribution in [-0.4, -0.2) is 0 Å². The molecule has 0 fully saturated rings. The van der Waals surface area contributed by atoms with Crippen LogP contribution in [0.25, 0.3) is 98.8 Å². The Bertz CT molecular complexity index is 2750. The van der Waals surface area contributed by atoms with Crippen LogP contribution in [0.3, 0.4) is 0 Å². The van der Waals surface area contributed by atoms with Crippen LogP contribution in [0.2, 0.25) is 0 Å². The number of hydrogen-bond donors (Lipinski definition) is 0. The average molecular weight is 597 g/mol. The van der Waals surface area contributed by atoms with Crippen molar-refractivity contribution in [2.45, 2.75) is 0 Å². The van der Waals surface area contributed by atoms with Crippen LogP contribution in [0, 0.1) is 0 Å². The summed E-state index contributed by atoms with van der Waals surface area (Å²) in [6.07, 6.45) is 0. The number of hydrogen-bond acceptors (Lipinski definition) is 1. The molecule has 0 bridgehead atoms. The summed E-state index contributed by atoms with van der Waals surface area (Å²) in [7, 11) is 0. The van der Waals surface area contributed by atoms with Gasteiger partial charge in [-0.05, 0) is 95.0 Å². The fraction of sp³-hybridized carbons (Fsp3) is 0. The fourth-order valence-electron chi connectivity index (χ4n) is 7.62. The zero-order chi connectivity index (χ0) is 30.9. The van der Waals surface area contributed by atoms with Crippen LogP contribution in [-0.2, 0) is 0 Å². The third-order valence-electron chi connectivity index (χ3n) is 9.84. The van der Waals surface area contributed by atoms with E-state index >= 15 is 0 Å². The van der Waals surface area contributed by atoms with E-state index in [4.69, 9.17) is 4.42 Å². The Kier molecular flexibility index (Phi) is 5.64. The highest BCUT2D eigenvalue weighted by Gasteiger charge is 2.19. The van der Waals surface area contributed by atoms with Crippen molar-refractivity contribution in [1.29, 1.82) is 0 Å². The second-order valence-corrected chi connectivity index (χ2v) is 12.5. The maximum Gasteiger partial charge on any atom is 0.136 e. The van der Waals surface area contributed by atoms with Crippen molar-refractivity contribution < 1.29 is 4.42 Å². The lowest BCUT2D eigenvalue weighted by Crippen LogP contribution is -1.90. The minimum atomic E-state index is 0.905. The van der Waals surface area contributed by atoms with Crippen LogP contribution in [0.1, 0.15) is 0 Å². The first kappa shape index (κ1) is 26.1. The molecule has 1 aromatic heterocycles. The molecule has 1 nitrogen and oxygen atoms in total. The molecule has 10 aromatic rings. The van der Waals surface area contributed by atoms with Gasteiger partial charge in [-0.25, -0.2) is 0 Å². The van der Waals surface area contributed by atoms with Gasteiger partial charge in [0.15, 0.2) is 0 Å². The molecule has 0 unspecified atom stereocenters. The molecule has 10 rings (SSSR count). The normalized spacial score (nSPS) is 11.8. The van der Waals surface area contributed by atoms with Crippen LogP contribution in [0.5, 0.6) is 0 Å². The van der Waals surface area contributed by atoms with Crippen molar-refractivity contribution in [2.75, 3.05) is 0 Å². The van der Waals surface area contributed by atoms with Crippen molar-refractivity contribution >= 4 is 54.3 Å². The molecule has 0 N–H and O–H groups in total. The zero-order valence-electron chi connectivity index (χ0n) is 25.6. The highest BCUT2D eigenvalue weighted by Crippen LogP contribution is 2.46. The van der Waals surface area contributed by atoms with Crippen LogP contribution >= 0.6 is 0 Å². The molecule has 0 saturated carbocycles. The van der Waals surface area contributed by atoms with E-state index in [1.54, 1.807) is 0 Å². The molecular formula is C46H28O. The van der Waals surface area contributed by atoms with E-state index < -0.39 is 0 Å². The molecule has 0 radical (unpaired) electrons. The molecule has 0 aliphatic heterocycles. The summed E-state index contributed by atoms with van der Waals surface area (Å²) in [4.78, 5) is 0. The maximum atomic E-state index is 6.56. The largest absolute Gasteiger partial charge is 0.456 e. The first-order valence-electron chi connectivity index (χ1n) is 16.2. The van der Waals surface area contributed by atoms with Gasteiger partial charge in [0.2, 0.25) is 0 Å². The monoisotopic (exact) mass is 596 g/mol. The predicted octanol–water partition coefficient (Wildman–Crippen LogP) is 13.2. The van der Waals surface area contributed by atoms with Crippen molar-refractivity contribution in [3.8, 4) is 44.5 Å². The van der Waals surface area contributed by atoms with E-state index in [0.29, 0.717) is 0 Å². The molecule has 1 heterocycles. The number of furan rings is 1. The molecule has 0 aliphatic carbocycles. The topological polar surface area (TPSA) is 13.1 Å². The maximum absolute atomic E-state index is 6.56. The third-order valence-corrected chi connectivity index (χ3v) is 9.84. The van der Waals surface area contributed by atoms with Gasteiger partial charge in [-0.1, -0.05) is 152 Å². The molecule has 0 aliphatic rings. The Balaban J connectivity index is 1.24. The molecule has 47 heavy (non-hydrogen) atoms. The van der Waals surface area contributed by atoms with E-state index in [9.17, 15) is 0 Å². The Morgan fingerprint density at radius 1 is 0.277 bits per heavy atom. The number of rotatable bonds is 4. The summed E-state index contributed by atoms with van der Waals surface area (Å²) in [5, 5.41) is 10.0. The molecule has 218 valence electrons. The lowest BCUT2D eigenvalue weighted by molar-refractivity contribution is 0.669. The molecule has 9 aromatic carbocycles. The van der Waals surface area contributed by atoms with Crippen LogP contribution in [0.15, 0.2) is 174 Å². The van der Waals surface area contributed by atoms with Gasteiger partial charge in [0.1, 0.15) is 11.2 Å². The Hall–Kier alpha value is -6.18. The Morgan fingerprint density at radius 3 is 1.51 bits per heavy atom. The molecule has 0 spiro atoms. The highest BCUT2D eigenvalue weighted by molar-refractivity contribution is 6.29. The van der Waals surface area contributed by atoms with Gasteiger partial charge in [0.25, 0.3) is 0 Å². The smallest absolute Gasteiger partial charge is 0.136 e. The fourth-order valence-corrected chi connectivity index (χ4v) is 7.62. The minimum Gasteiger partial charge on any atom is -0.456 e. The summed E-state index contributed by atoms with van der Waals surface area (Å²) >= 11 is 0. The van der Waals surface area contributed by atoms with Crippen LogP contribution < -0.4 is 0 Å². The van der Waals surface area contributed by atoms with Crippen molar-refractivity contribution in [2.24, 2.45) is 0 Å². The van der Waals surface area contributed by atoms with Crippen molar-refractivity contribution in [3.05, 3.63) is 170 Å². The molecule has 0 atom stereocenters. The summed E-state index contributed by atoms with van der Waals surface area (Å²) in [6, 6.07) is 61.5. The first-order chi connectivity index (χ1) is 23.3. The standard InChI is InChI=1S/C46H28O/c1-3-9-29(10-4-1)30-15-17-31(18-16-30)35-27-41(46-40-13-7-8-14-42(40)47-43(46)28-35)37-24-20-34-21-25-38-36(32-11-5-2-6-12-32)23-19-33-22-26-39(37)45(34)44(33)38/h1-28H. The summed E-state index contributed by atoms with van der Waals surface area (Å²) < 4.78 is 6.56. The molecule has 0 saturated heterocycles. The van der Waals surface area contributed by atoms with Crippen LogP contribution in [0.4, 0.5) is 0 Å². The van der Waals surface area contributed by atoms with Crippen molar-refractivity contribution in [3.63, 3.8) is 0 Å². The number of benzene rings is 9. The van der Waals surface area contributed by atoms with Gasteiger partial charge in [0.05, 0.1) is 0 Å². The van der Waals surface area contributed by atoms with Gasteiger partial charge in [-0.3, -0.25) is 0 Å². The SMILES string of the molecule is c1ccc(-c2ccc(-c3cc(-c4ccc5ccc6c(-c7ccccc7)ccc7ccc4c5c76)c4c(c3)oc3ccccc34)cc2)cc1. The van der Waals surface area contributed by atoms with E-state index in [0.717, 1.165) is 27.5 Å². The van der Waals surface area contributed by atoms with Crippen molar-refractivity contribution in [1.82, 2.24) is 0 Å². The highest BCUT2D eigenvalue weighted by atomic mass is 16.3. The predicted molar refractivity (Wildman–Crippen MR) is 199 cm³/mol. The van der Waals surface area contributed by atoms with Gasteiger partial charge < -0.3 is 4.42 Å². The number of fused-ring (bicyclic) bond motifs is 3. The third kappa shape index (κ3) is 4.03. The lowest BCUT2D eigenvalue weighted by atomic mass is 9.86. The molecule has 0 amide bonds.